The van der Waals surface area contributed by atoms with Crippen molar-refractivity contribution in [1.29, 1.82) is 0 Å². The molecule has 0 aliphatic carbocycles. The number of imidazole rings is 1. The molecular weight excluding hydrogens is 356 g/mol. The van der Waals surface area contributed by atoms with E-state index in [0.717, 1.165) is 23.1 Å². The second-order valence-electron chi connectivity index (χ2n) is 7.21. The Bertz CT molecular complexity index is 1050. The Kier molecular flexibility index (Phi) is 5.25. The number of hydrogen-bond donors (Lipinski definition) is 1. The fraction of sp³-hybridized carbons (Fsp3) is 0.381. The Morgan fingerprint density at radius 2 is 2.18 bits per heavy atom. The predicted octanol–water partition coefficient (Wildman–Crippen LogP) is 1.71. The highest BCUT2D eigenvalue weighted by atomic mass is 16.5. The number of hydrogen-bond acceptors (Lipinski definition) is 4. The Morgan fingerprint density at radius 1 is 1.29 bits per heavy atom. The molecule has 0 radical (unpaired) electrons. The van der Waals surface area contributed by atoms with Crippen LogP contribution in [0.2, 0.25) is 0 Å². The lowest BCUT2D eigenvalue weighted by Crippen LogP contribution is -2.35. The topological polar surface area (TPSA) is 78.2 Å². The number of carbonyl (C=O) groups is 1. The first-order valence-electron chi connectivity index (χ1n) is 9.58. The average molecular weight is 380 g/mol. The first-order chi connectivity index (χ1) is 13.6. The molecule has 1 saturated heterocycles. The molecule has 1 aromatic carbocycles. The van der Waals surface area contributed by atoms with Crippen LogP contribution in [-0.2, 0) is 22.6 Å². The van der Waals surface area contributed by atoms with E-state index in [9.17, 15) is 9.59 Å². The number of nitrogens with one attached hydrogen (secondary N) is 1. The maximum atomic E-state index is 13.1. The molecule has 1 N–H and O–H groups in total. The van der Waals surface area contributed by atoms with Crippen LogP contribution in [0.25, 0.3) is 11.2 Å². The zero-order valence-corrected chi connectivity index (χ0v) is 15.9. The summed E-state index contributed by atoms with van der Waals surface area (Å²) in [6.45, 7) is 4.40. The molecule has 1 aliphatic rings. The fourth-order valence-corrected chi connectivity index (χ4v) is 3.67. The third-order valence-corrected chi connectivity index (χ3v) is 5.13. The number of amides is 1. The Morgan fingerprint density at radius 3 is 2.96 bits per heavy atom. The molecule has 1 atom stereocenters. The monoisotopic (exact) mass is 380 g/mol. The molecule has 28 heavy (non-hydrogen) atoms. The summed E-state index contributed by atoms with van der Waals surface area (Å²) in [5.41, 5.74) is 3.54. The van der Waals surface area contributed by atoms with Gasteiger partial charge in [0.1, 0.15) is 0 Å². The standard InChI is InChI=1S/C21H24N4O3/c1-15-4-2-5-16(12-15)13-25-18-6-3-8-22-19(18)24(21(25)27)10-9-23-20(26)17-7-11-28-14-17/h2-6,8,12,17H,7,9-11,13-14H2,1H3,(H,23,26). The van der Waals surface area contributed by atoms with Gasteiger partial charge < -0.3 is 10.1 Å². The molecule has 3 heterocycles. The minimum Gasteiger partial charge on any atom is -0.381 e. The zero-order chi connectivity index (χ0) is 19.5. The number of aromatic nitrogens is 3. The third-order valence-electron chi connectivity index (χ3n) is 5.13. The molecular formula is C21H24N4O3. The molecule has 7 heteroatoms. The highest BCUT2D eigenvalue weighted by Gasteiger charge is 2.23. The summed E-state index contributed by atoms with van der Waals surface area (Å²) in [4.78, 5) is 29.6. The number of benzene rings is 1. The van der Waals surface area contributed by atoms with Crippen LogP contribution >= 0.6 is 0 Å². The Labute approximate surface area is 163 Å². The first kappa shape index (κ1) is 18.4. The quantitative estimate of drug-likeness (QED) is 0.706. The zero-order valence-electron chi connectivity index (χ0n) is 15.9. The molecule has 0 spiro atoms. The number of pyridine rings is 1. The van der Waals surface area contributed by atoms with Gasteiger partial charge in [0.25, 0.3) is 0 Å². The van der Waals surface area contributed by atoms with Crippen LogP contribution in [0.4, 0.5) is 0 Å². The molecule has 146 valence electrons. The minimum absolute atomic E-state index is 0.0120. The number of ether oxygens (including phenoxy) is 1. The molecule has 1 fully saturated rings. The summed E-state index contributed by atoms with van der Waals surface area (Å²) in [6, 6.07) is 11.9. The van der Waals surface area contributed by atoms with E-state index in [0.29, 0.717) is 38.5 Å². The van der Waals surface area contributed by atoms with E-state index >= 15 is 0 Å². The number of rotatable bonds is 6. The summed E-state index contributed by atoms with van der Waals surface area (Å²) in [7, 11) is 0. The Hall–Kier alpha value is -2.93. The highest BCUT2D eigenvalue weighted by molar-refractivity contribution is 5.79. The lowest BCUT2D eigenvalue weighted by atomic mass is 10.1. The lowest BCUT2D eigenvalue weighted by Gasteiger charge is -2.09. The second-order valence-corrected chi connectivity index (χ2v) is 7.21. The summed E-state index contributed by atoms with van der Waals surface area (Å²) in [5.74, 6) is -0.0977. The molecule has 4 rings (SSSR count). The van der Waals surface area contributed by atoms with E-state index < -0.39 is 0 Å². The second kappa shape index (κ2) is 7.98. The maximum absolute atomic E-state index is 13.1. The molecule has 7 nitrogen and oxygen atoms in total. The van der Waals surface area contributed by atoms with Crippen LogP contribution in [-0.4, -0.2) is 39.8 Å². The van der Waals surface area contributed by atoms with Gasteiger partial charge in [0.05, 0.1) is 24.6 Å². The van der Waals surface area contributed by atoms with Gasteiger partial charge in [-0.1, -0.05) is 29.8 Å². The van der Waals surface area contributed by atoms with Crippen LogP contribution < -0.4 is 11.0 Å². The van der Waals surface area contributed by atoms with Gasteiger partial charge in [-0.3, -0.25) is 13.9 Å². The van der Waals surface area contributed by atoms with Crippen molar-refractivity contribution in [2.24, 2.45) is 5.92 Å². The normalized spacial score (nSPS) is 16.5. The summed E-state index contributed by atoms with van der Waals surface area (Å²) in [6.07, 6.45) is 2.44. The van der Waals surface area contributed by atoms with Gasteiger partial charge in [0.2, 0.25) is 5.91 Å². The largest absolute Gasteiger partial charge is 0.381 e. The van der Waals surface area contributed by atoms with Gasteiger partial charge in [0.15, 0.2) is 5.65 Å². The molecule has 0 saturated carbocycles. The van der Waals surface area contributed by atoms with Gasteiger partial charge >= 0.3 is 5.69 Å². The smallest absolute Gasteiger partial charge is 0.330 e. The van der Waals surface area contributed by atoms with Crippen molar-refractivity contribution >= 4 is 17.1 Å². The average Bonchev–Trinajstić information content (AvgIpc) is 3.31. The van der Waals surface area contributed by atoms with Crippen LogP contribution in [0.1, 0.15) is 17.5 Å². The highest BCUT2D eigenvalue weighted by Crippen LogP contribution is 2.14. The maximum Gasteiger partial charge on any atom is 0.330 e. The van der Waals surface area contributed by atoms with Crippen molar-refractivity contribution in [1.82, 2.24) is 19.4 Å². The summed E-state index contributed by atoms with van der Waals surface area (Å²) in [5, 5.41) is 2.92. The predicted molar refractivity (Wildman–Crippen MR) is 106 cm³/mol. The minimum atomic E-state index is -0.117. The number of fused-ring (bicyclic) bond motifs is 1. The van der Waals surface area contributed by atoms with Crippen LogP contribution in [0.5, 0.6) is 0 Å². The van der Waals surface area contributed by atoms with Gasteiger partial charge in [0, 0.05) is 25.9 Å². The van der Waals surface area contributed by atoms with Crippen LogP contribution in [0.3, 0.4) is 0 Å². The van der Waals surface area contributed by atoms with Gasteiger partial charge in [-0.05, 0) is 31.0 Å². The van der Waals surface area contributed by atoms with E-state index in [-0.39, 0.29) is 17.5 Å². The molecule has 1 amide bonds. The van der Waals surface area contributed by atoms with Gasteiger partial charge in [-0.15, -0.1) is 0 Å². The van der Waals surface area contributed by atoms with E-state index in [1.54, 1.807) is 15.3 Å². The van der Waals surface area contributed by atoms with Crippen molar-refractivity contribution in [2.45, 2.75) is 26.4 Å². The van der Waals surface area contributed by atoms with Gasteiger partial charge in [-0.2, -0.15) is 0 Å². The molecule has 3 aromatic rings. The lowest BCUT2D eigenvalue weighted by molar-refractivity contribution is -0.124. The van der Waals surface area contributed by atoms with Crippen molar-refractivity contribution in [3.63, 3.8) is 0 Å². The SMILES string of the molecule is Cc1cccc(Cn2c(=O)n(CCNC(=O)C3CCOC3)c3ncccc32)c1. The summed E-state index contributed by atoms with van der Waals surface area (Å²) >= 11 is 0. The number of nitrogens with zero attached hydrogens (tertiary/aromatic N) is 3. The van der Waals surface area contributed by atoms with Crippen molar-refractivity contribution < 1.29 is 9.53 Å². The molecule has 0 bridgehead atoms. The van der Waals surface area contributed by atoms with E-state index in [2.05, 4.69) is 16.4 Å². The van der Waals surface area contributed by atoms with Crippen molar-refractivity contribution in [3.05, 3.63) is 64.2 Å². The number of aryl methyl sites for hydroxylation is 1. The molecule has 1 unspecified atom stereocenters. The van der Waals surface area contributed by atoms with E-state index in [1.807, 2.05) is 37.3 Å². The van der Waals surface area contributed by atoms with Crippen LogP contribution in [0.15, 0.2) is 47.4 Å². The molecule has 2 aromatic heterocycles. The summed E-state index contributed by atoms with van der Waals surface area (Å²) < 4.78 is 8.63. The number of carbonyl (C=O) groups excluding carboxylic acids is 1. The van der Waals surface area contributed by atoms with Crippen molar-refractivity contribution in [2.75, 3.05) is 19.8 Å². The Balaban J connectivity index is 1.56. The van der Waals surface area contributed by atoms with E-state index in [1.165, 1.54) is 0 Å². The molecule has 1 aliphatic heterocycles. The fourth-order valence-electron chi connectivity index (χ4n) is 3.67. The van der Waals surface area contributed by atoms with E-state index in [4.69, 9.17) is 4.74 Å². The van der Waals surface area contributed by atoms with Gasteiger partial charge in [-0.25, -0.2) is 9.78 Å². The first-order valence-corrected chi connectivity index (χ1v) is 9.58. The van der Waals surface area contributed by atoms with Crippen molar-refractivity contribution in [3.8, 4) is 0 Å². The third kappa shape index (κ3) is 3.71. The van der Waals surface area contributed by atoms with Crippen LogP contribution in [0, 0.1) is 12.8 Å².